The Bertz CT molecular complexity index is 529. The molecular weight excluding hydrogens is 314 g/mol. The highest BCUT2D eigenvalue weighted by Crippen LogP contribution is 2.38. The molecule has 0 saturated carbocycles. The lowest BCUT2D eigenvalue weighted by atomic mass is 9.73. The molecule has 0 spiro atoms. The standard InChI is InChI=1S/C18H26ClNO3/c1-3-13(2)16(21)12-20-17(22)18(8-10-23-11-9-18)14-6-4-5-7-15(14)19/h4-7,13,16,21H,3,8-12H2,1-2H3,(H,20,22). The van der Waals surface area contributed by atoms with Crippen LogP contribution in [0.25, 0.3) is 0 Å². The highest BCUT2D eigenvalue weighted by atomic mass is 35.5. The molecule has 23 heavy (non-hydrogen) atoms. The van der Waals surface area contributed by atoms with Crippen LogP contribution in [0.3, 0.4) is 0 Å². The predicted octanol–water partition coefficient (Wildman–Crippen LogP) is 2.91. The number of benzene rings is 1. The maximum absolute atomic E-state index is 13.0. The Labute approximate surface area is 143 Å². The van der Waals surface area contributed by atoms with E-state index in [1.807, 2.05) is 38.1 Å². The SMILES string of the molecule is CCC(C)C(O)CNC(=O)C1(c2ccccc2Cl)CCOCC1. The first kappa shape index (κ1) is 18.2. The van der Waals surface area contributed by atoms with Gasteiger partial charge in [0.15, 0.2) is 0 Å². The van der Waals surface area contributed by atoms with Crippen molar-refractivity contribution in [3.05, 3.63) is 34.9 Å². The zero-order valence-electron chi connectivity index (χ0n) is 13.8. The van der Waals surface area contributed by atoms with Crippen LogP contribution in [0, 0.1) is 5.92 Å². The molecule has 0 aliphatic carbocycles. The monoisotopic (exact) mass is 339 g/mol. The fourth-order valence-corrected chi connectivity index (χ4v) is 3.34. The van der Waals surface area contributed by atoms with Gasteiger partial charge < -0.3 is 15.2 Å². The quantitative estimate of drug-likeness (QED) is 0.837. The van der Waals surface area contributed by atoms with Gasteiger partial charge in [-0.25, -0.2) is 0 Å². The van der Waals surface area contributed by atoms with Crippen LogP contribution in [0.1, 0.15) is 38.7 Å². The number of aliphatic hydroxyl groups excluding tert-OH is 1. The summed E-state index contributed by atoms with van der Waals surface area (Å²) in [7, 11) is 0. The molecule has 0 radical (unpaired) electrons. The van der Waals surface area contributed by atoms with Gasteiger partial charge in [-0.1, -0.05) is 50.1 Å². The number of aliphatic hydroxyl groups is 1. The highest BCUT2D eigenvalue weighted by Gasteiger charge is 2.43. The number of hydrogen-bond acceptors (Lipinski definition) is 3. The molecule has 1 aromatic rings. The number of halogens is 1. The van der Waals surface area contributed by atoms with Crippen LogP contribution in [-0.2, 0) is 14.9 Å². The van der Waals surface area contributed by atoms with Crippen LogP contribution in [0.4, 0.5) is 0 Å². The third kappa shape index (κ3) is 4.06. The van der Waals surface area contributed by atoms with Gasteiger partial charge in [-0.3, -0.25) is 4.79 Å². The number of carbonyl (C=O) groups is 1. The van der Waals surface area contributed by atoms with E-state index in [2.05, 4.69) is 5.32 Å². The normalized spacial score (nSPS) is 19.8. The molecule has 1 amide bonds. The molecule has 128 valence electrons. The first-order valence-electron chi connectivity index (χ1n) is 8.30. The van der Waals surface area contributed by atoms with Crippen molar-refractivity contribution in [3.8, 4) is 0 Å². The van der Waals surface area contributed by atoms with E-state index in [1.54, 1.807) is 0 Å². The van der Waals surface area contributed by atoms with Gasteiger partial charge in [0.1, 0.15) is 0 Å². The highest BCUT2D eigenvalue weighted by molar-refractivity contribution is 6.31. The van der Waals surface area contributed by atoms with Gasteiger partial charge in [0.25, 0.3) is 0 Å². The zero-order chi connectivity index (χ0) is 16.9. The molecule has 1 aromatic carbocycles. The molecule has 0 bridgehead atoms. The smallest absolute Gasteiger partial charge is 0.230 e. The molecule has 1 fully saturated rings. The van der Waals surface area contributed by atoms with E-state index >= 15 is 0 Å². The summed E-state index contributed by atoms with van der Waals surface area (Å²) in [5, 5.41) is 13.6. The van der Waals surface area contributed by atoms with Crippen molar-refractivity contribution in [1.82, 2.24) is 5.32 Å². The summed E-state index contributed by atoms with van der Waals surface area (Å²) in [5.41, 5.74) is 0.173. The van der Waals surface area contributed by atoms with E-state index in [-0.39, 0.29) is 18.4 Å². The summed E-state index contributed by atoms with van der Waals surface area (Å²) in [6.07, 6.45) is 1.54. The second-order valence-electron chi connectivity index (χ2n) is 6.34. The molecule has 2 rings (SSSR count). The van der Waals surface area contributed by atoms with E-state index in [9.17, 15) is 9.90 Å². The first-order valence-corrected chi connectivity index (χ1v) is 8.68. The van der Waals surface area contributed by atoms with Gasteiger partial charge in [0.05, 0.1) is 11.5 Å². The van der Waals surface area contributed by atoms with Crippen LogP contribution < -0.4 is 5.32 Å². The fraction of sp³-hybridized carbons (Fsp3) is 0.611. The molecule has 2 N–H and O–H groups in total. The van der Waals surface area contributed by atoms with E-state index in [1.165, 1.54) is 0 Å². The average molecular weight is 340 g/mol. The summed E-state index contributed by atoms with van der Waals surface area (Å²) in [6, 6.07) is 7.50. The average Bonchev–Trinajstić information content (AvgIpc) is 2.59. The zero-order valence-corrected chi connectivity index (χ0v) is 14.6. The van der Waals surface area contributed by atoms with Crippen LogP contribution in [0.2, 0.25) is 5.02 Å². The lowest BCUT2D eigenvalue weighted by Crippen LogP contribution is -2.50. The third-order valence-corrected chi connectivity index (χ3v) is 5.27. The fourth-order valence-electron chi connectivity index (χ4n) is 3.03. The maximum atomic E-state index is 13.0. The van der Waals surface area contributed by atoms with Crippen molar-refractivity contribution >= 4 is 17.5 Å². The Morgan fingerprint density at radius 1 is 1.39 bits per heavy atom. The molecule has 1 aliphatic heterocycles. The lowest BCUT2D eigenvalue weighted by Gasteiger charge is -2.37. The second-order valence-corrected chi connectivity index (χ2v) is 6.74. The van der Waals surface area contributed by atoms with Gasteiger partial charge in [-0.15, -0.1) is 0 Å². The van der Waals surface area contributed by atoms with Gasteiger partial charge in [-0.05, 0) is 30.4 Å². The molecule has 1 aliphatic rings. The van der Waals surface area contributed by atoms with Crippen molar-refractivity contribution in [2.75, 3.05) is 19.8 Å². The van der Waals surface area contributed by atoms with Gasteiger partial charge in [0.2, 0.25) is 5.91 Å². The molecule has 2 atom stereocenters. The van der Waals surface area contributed by atoms with E-state index in [0.717, 1.165) is 12.0 Å². The number of nitrogens with one attached hydrogen (secondary N) is 1. The summed E-state index contributed by atoms with van der Waals surface area (Å²) < 4.78 is 5.45. The van der Waals surface area contributed by atoms with Gasteiger partial charge in [0, 0.05) is 24.8 Å². The maximum Gasteiger partial charge on any atom is 0.230 e. The Morgan fingerprint density at radius 3 is 2.65 bits per heavy atom. The largest absolute Gasteiger partial charge is 0.391 e. The second kappa shape index (κ2) is 8.13. The molecule has 1 heterocycles. The molecule has 4 nitrogen and oxygen atoms in total. The minimum absolute atomic E-state index is 0.0729. The van der Waals surface area contributed by atoms with Crippen LogP contribution in [0.15, 0.2) is 24.3 Å². The Kier molecular flexibility index (Phi) is 6.45. The molecular formula is C18H26ClNO3. The summed E-state index contributed by atoms with van der Waals surface area (Å²) in [4.78, 5) is 13.0. The van der Waals surface area contributed by atoms with Crippen LogP contribution in [0.5, 0.6) is 0 Å². The van der Waals surface area contributed by atoms with Crippen molar-refractivity contribution < 1.29 is 14.6 Å². The topological polar surface area (TPSA) is 58.6 Å². The van der Waals surface area contributed by atoms with Crippen molar-refractivity contribution in [2.45, 2.75) is 44.6 Å². The number of carbonyl (C=O) groups excluding carboxylic acids is 1. The van der Waals surface area contributed by atoms with Crippen molar-refractivity contribution in [1.29, 1.82) is 0 Å². The lowest BCUT2D eigenvalue weighted by molar-refractivity contribution is -0.131. The number of ether oxygens (including phenoxy) is 1. The van der Waals surface area contributed by atoms with Crippen LogP contribution in [-0.4, -0.2) is 36.9 Å². The van der Waals surface area contributed by atoms with E-state index < -0.39 is 11.5 Å². The first-order chi connectivity index (χ1) is 11.0. The van der Waals surface area contributed by atoms with Crippen molar-refractivity contribution in [2.24, 2.45) is 5.92 Å². The molecule has 1 saturated heterocycles. The summed E-state index contributed by atoms with van der Waals surface area (Å²) in [6.45, 7) is 5.34. The molecule has 5 heteroatoms. The van der Waals surface area contributed by atoms with Gasteiger partial charge >= 0.3 is 0 Å². The third-order valence-electron chi connectivity index (χ3n) is 4.94. The number of rotatable bonds is 6. The van der Waals surface area contributed by atoms with Crippen LogP contribution >= 0.6 is 11.6 Å². The summed E-state index contributed by atoms with van der Waals surface area (Å²) >= 11 is 6.36. The number of hydrogen-bond donors (Lipinski definition) is 2. The Hall–Kier alpha value is -1.10. The molecule has 0 aromatic heterocycles. The minimum Gasteiger partial charge on any atom is -0.391 e. The predicted molar refractivity (Wildman–Crippen MR) is 91.7 cm³/mol. The van der Waals surface area contributed by atoms with E-state index in [0.29, 0.717) is 31.1 Å². The van der Waals surface area contributed by atoms with E-state index in [4.69, 9.17) is 16.3 Å². The summed E-state index contributed by atoms with van der Waals surface area (Å²) in [5.74, 6) is 0.0810. The Morgan fingerprint density at radius 2 is 2.04 bits per heavy atom. The van der Waals surface area contributed by atoms with Gasteiger partial charge in [-0.2, -0.15) is 0 Å². The van der Waals surface area contributed by atoms with Crippen molar-refractivity contribution in [3.63, 3.8) is 0 Å². The Balaban J connectivity index is 2.18. The molecule has 2 unspecified atom stereocenters. The number of amides is 1. The minimum atomic E-state index is -0.675.